The van der Waals surface area contributed by atoms with E-state index in [-0.39, 0.29) is 18.6 Å². The first-order valence-corrected chi connectivity index (χ1v) is 7.70. The van der Waals surface area contributed by atoms with E-state index in [2.05, 4.69) is 16.5 Å². The number of hydrogen-bond donors (Lipinski definition) is 2. The molecule has 3 rings (SSSR count). The van der Waals surface area contributed by atoms with Crippen molar-refractivity contribution in [1.82, 2.24) is 15.1 Å². The topological polar surface area (TPSA) is 50.1 Å². The van der Waals surface area contributed by atoms with Crippen molar-refractivity contribution in [1.29, 1.82) is 0 Å². The maximum absolute atomic E-state index is 12.6. The fraction of sp³-hybridized carbons (Fsp3) is 0.353. The van der Waals surface area contributed by atoms with Crippen molar-refractivity contribution in [3.8, 4) is 5.69 Å². The van der Waals surface area contributed by atoms with E-state index in [1.54, 1.807) is 12.1 Å². The lowest BCUT2D eigenvalue weighted by atomic mass is 10.1. The highest BCUT2D eigenvalue weighted by atomic mass is 19.4. The molecule has 1 aliphatic carbocycles. The number of hydrogen-bond acceptors (Lipinski definition) is 3. The van der Waals surface area contributed by atoms with E-state index in [1.165, 1.54) is 10.9 Å². The van der Waals surface area contributed by atoms with Gasteiger partial charge in [0.2, 0.25) is 0 Å². The Morgan fingerprint density at radius 2 is 1.92 bits per heavy atom. The molecule has 0 aliphatic heterocycles. The molecular weight excluding hydrogens is 319 g/mol. The monoisotopic (exact) mass is 337 g/mol. The highest BCUT2D eigenvalue weighted by molar-refractivity contribution is 5.34. The van der Waals surface area contributed by atoms with Gasteiger partial charge < -0.3 is 10.4 Å². The smallest absolute Gasteiger partial charge is 0.396 e. The van der Waals surface area contributed by atoms with E-state index in [4.69, 9.17) is 5.11 Å². The van der Waals surface area contributed by atoms with E-state index < -0.39 is 11.9 Å². The van der Waals surface area contributed by atoms with Gasteiger partial charge in [-0.05, 0) is 30.2 Å². The summed E-state index contributed by atoms with van der Waals surface area (Å²) in [5.74, 6) is 0.215. The largest absolute Gasteiger partial charge is 0.435 e. The molecule has 128 valence electrons. The van der Waals surface area contributed by atoms with Gasteiger partial charge in [0, 0.05) is 31.3 Å². The molecule has 24 heavy (non-hydrogen) atoms. The minimum Gasteiger partial charge on any atom is -0.396 e. The molecule has 4 nitrogen and oxygen atoms in total. The summed E-state index contributed by atoms with van der Waals surface area (Å²) in [7, 11) is 0. The number of rotatable bonds is 5. The van der Waals surface area contributed by atoms with Crippen molar-refractivity contribution in [2.75, 3.05) is 6.61 Å². The van der Waals surface area contributed by atoms with Crippen LogP contribution in [0.1, 0.15) is 17.7 Å². The number of benzene rings is 1. The van der Waals surface area contributed by atoms with Crippen LogP contribution in [0, 0.1) is 5.92 Å². The van der Waals surface area contributed by atoms with Crippen molar-refractivity contribution in [2.45, 2.75) is 25.2 Å². The van der Waals surface area contributed by atoms with Crippen LogP contribution in [0.25, 0.3) is 5.69 Å². The average Bonchev–Trinajstić information content (AvgIpc) is 3.22. The van der Waals surface area contributed by atoms with Gasteiger partial charge >= 0.3 is 6.18 Å². The quantitative estimate of drug-likeness (QED) is 0.825. The lowest BCUT2D eigenvalue weighted by molar-refractivity contribution is -0.141. The van der Waals surface area contributed by atoms with E-state index in [0.717, 1.165) is 18.1 Å². The van der Waals surface area contributed by atoms with Gasteiger partial charge in [-0.25, -0.2) is 4.68 Å². The Bertz CT molecular complexity index is 707. The molecule has 0 spiro atoms. The highest BCUT2D eigenvalue weighted by Gasteiger charge is 2.33. The summed E-state index contributed by atoms with van der Waals surface area (Å²) in [6.45, 7) is 0.813. The Balaban J connectivity index is 1.59. The zero-order valence-corrected chi connectivity index (χ0v) is 12.9. The van der Waals surface area contributed by atoms with Crippen LogP contribution in [0.4, 0.5) is 13.2 Å². The summed E-state index contributed by atoms with van der Waals surface area (Å²) in [6, 6.07) is 8.40. The number of nitrogens with one attached hydrogen (secondary N) is 1. The molecule has 2 atom stereocenters. The Morgan fingerprint density at radius 3 is 2.50 bits per heavy atom. The maximum atomic E-state index is 12.6. The standard InChI is InChI=1S/C17H18F3N3O/c18-17(19,20)16-7-8-23(22-16)15-5-2-12(3-6-15)10-21-14-4-1-13(9-14)11-24/h1-8,13-14,21,24H,9-11H2/t13-,14+/m0/s1. The van der Waals surface area contributed by atoms with Gasteiger partial charge in [-0.15, -0.1) is 0 Å². The zero-order valence-electron chi connectivity index (χ0n) is 12.9. The summed E-state index contributed by atoms with van der Waals surface area (Å²) in [4.78, 5) is 0. The van der Waals surface area contributed by atoms with Crippen LogP contribution in [0.5, 0.6) is 0 Å². The van der Waals surface area contributed by atoms with E-state index >= 15 is 0 Å². The van der Waals surface area contributed by atoms with Gasteiger partial charge in [0.25, 0.3) is 0 Å². The van der Waals surface area contributed by atoms with Crippen molar-refractivity contribution in [2.24, 2.45) is 5.92 Å². The highest BCUT2D eigenvalue weighted by Crippen LogP contribution is 2.27. The fourth-order valence-electron chi connectivity index (χ4n) is 2.70. The predicted molar refractivity (Wildman–Crippen MR) is 83.5 cm³/mol. The van der Waals surface area contributed by atoms with Crippen LogP contribution >= 0.6 is 0 Å². The summed E-state index contributed by atoms with van der Waals surface area (Å²) in [5.41, 5.74) is 0.706. The molecule has 0 fully saturated rings. The normalized spacial score (nSPS) is 20.7. The lowest BCUT2D eigenvalue weighted by Gasteiger charge is -2.13. The molecule has 0 radical (unpaired) electrons. The van der Waals surface area contributed by atoms with E-state index in [9.17, 15) is 13.2 Å². The second-order valence-electron chi connectivity index (χ2n) is 5.86. The molecule has 1 heterocycles. The average molecular weight is 337 g/mol. The molecular formula is C17H18F3N3O. The molecule has 0 bridgehead atoms. The Hall–Kier alpha value is -2.12. The third-order valence-corrected chi connectivity index (χ3v) is 4.06. The van der Waals surface area contributed by atoms with Crippen molar-refractivity contribution >= 4 is 0 Å². The third kappa shape index (κ3) is 3.85. The first-order chi connectivity index (χ1) is 11.5. The second-order valence-corrected chi connectivity index (χ2v) is 5.86. The molecule has 1 aromatic heterocycles. The third-order valence-electron chi connectivity index (χ3n) is 4.06. The van der Waals surface area contributed by atoms with Gasteiger partial charge in [0.05, 0.1) is 5.69 Å². The van der Waals surface area contributed by atoms with Crippen LogP contribution in [-0.2, 0) is 12.7 Å². The van der Waals surface area contributed by atoms with Gasteiger partial charge in [-0.2, -0.15) is 18.3 Å². The first kappa shape index (κ1) is 16.7. The van der Waals surface area contributed by atoms with Gasteiger partial charge in [-0.3, -0.25) is 0 Å². The summed E-state index contributed by atoms with van der Waals surface area (Å²) < 4.78 is 38.9. The fourth-order valence-corrected chi connectivity index (χ4v) is 2.70. The number of nitrogens with zero attached hydrogens (tertiary/aromatic N) is 2. The van der Waals surface area contributed by atoms with Crippen molar-refractivity contribution in [3.05, 3.63) is 59.9 Å². The molecule has 2 aromatic rings. The molecule has 0 unspecified atom stereocenters. The van der Waals surface area contributed by atoms with Gasteiger partial charge in [-0.1, -0.05) is 24.3 Å². The van der Waals surface area contributed by atoms with Crippen LogP contribution < -0.4 is 5.32 Å². The molecule has 0 saturated heterocycles. The van der Waals surface area contributed by atoms with Crippen molar-refractivity contribution in [3.63, 3.8) is 0 Å². The molecule has 1 aromatic carbocycles. The zero-order chi connectivity index (χ0) is 17.2. The maximum Gasteiger partial charge on any atom is 0.435 e. The Kier molecular flexibility index (Phi) is 4.73. The minimum absolute atomic E-state index is 0.160. The van der Waals surface area contributed by atoms with Crippen molar-refractivity contribution < 1.29 is 18.3 Å². The number of aromatic nitrogens is 2. The predicted octanol–water partition coefficient (Wildman–Crippen LogP) is 2.92. The van der Waals surface area contributed by atoms with Crippen LogP contribution in [0.15, 0.2) is 48.7 Å². The Labute approximate surface area is 137 Å². The number of aliphatic hydroxyl groups excluding tert-OH is 1. The van der Waals surface area contributed by atoms with Gasteiger partial charge in [0.1, 0.15) is 0 Å². The minimum atomic E-state index is -4.43. The summed E-state index contributed by atoms with van der Waals surface area (Å²) in [6.07, 6.45) is 1.81. The number of halogens is 3. The van der Waals surface area contributed by atoms with Crippen LogP contribution in [-0.4, -0.2) is 27.5 Å². The lowest BCUT2D eigenvalue weighted by Crippen LogP contribution is -2.26. The molecule has 1 aliphatic rings. The SMILES string of the molecule is OC[C@H]1C=C[C@@H](NCc2ccc(-n3ccc(C(F)(F)F)n3)cc2)C1. The van der Waals surface area contributed by atoms with E-state index in [1.807, 2.05) is 18.2 Å². The van der Waals surface area contributed by atoms with Crippen LogP contribution in [0.3, 0.4) is 0 Å². The number of alkyl halides is 3. The molecule has 2 N–H and O–H groups in total. The Morgan fingerprint density at radius 1 is 1.17 bits per heavy atom. The second kappa shape index (κ2) is 6.78. The summed E-state index contributed by atoms with van der Waals surface area (Å²) in [5, 5.41) is 16.0. The van der Waals surface area contributed by atoms with Gasteiger partial charge in [0.15, 0.2) is 5.69 Å². The van der Waals surface area contributed by atoms with E-state index in [0.29, 0.717) is 12.2 Å². The molecule has 0 saturated carbocycles. The number of aliphatic hydroxyl groups is 1. The summed E-state index contributed by atoms with van der Waals surface area (Å²) >= 11 is 0. The van der Waals surface area contributed by atoms with Crippen LogP contribution in [0.2, 0.25) is 0 Å². The first-order valence-electron chi connectivity index (χ1n) is 7.70. The molecule has 0 amide bonds. The molecule has 7 heteroatoms.